The first-order valence-corrected chi connectivity index (χ1v) is 5.80. The quantitative estimate of drug-likeness (QED) is 0.922. The molecule has 0 fully saturated rings. The van der Waals surface area contributed by atoms with Crippen molar-refractivity contribution in [1.29, 1.82) is 5.26 Å². The van der Waals surface area contributed by atoms with Crippen LogP contribution >= 0.6 is 11.6 Å². The van der Waals surface area contributed by atoms with Crippen molar-refractivity contribution >= 4 is 17.3 Å². The molecule has 1 atom stereocenters. The van der Waals surface area contributed by atoms with Crippen molar-refractivity contribution in [2.24, 2.45) is 7.05 Å². The van der Waals surface area contributed by atoms with Gasteiger partial charge in [0, 0.05) is 7.05 Å². The summed E-state index contributed by atoms with van der Waals surface area (Å²) in [6.07, 6.45) is 1.64. The van der Waals surface area contributed by atoms with E-state index in [2.05, 4.69) is 21.6 Å². The summed E-state index contributed by atoms with van der Waals surface area (Å²) >= 11 is 5.97. The van der Waals surface area contributed by atoms with Gasteiger partial charge in [-0.3, -0.25) is 0 Å². The van der Waals surface area contributed by atoms with Gasteiger partial charge in [0.05, 0.1) is 22.3 Å². The summed E-state index contributed by atoms with van der Waals surface area (Å²) in [4.78, 5) is 0. The number of nitriles is 1. The highest BCUT2D eigenvalue weighted by Gasteiger charge is 2.14. The highest BCUT2D eigenvalue weighted by Crippen LogP contribution is 2.26. The van der Waals surface area contributed by atoms with Crippen LogP contribution in [0.3, 0.4) is 0 Å². The lowest BCUT2D eigenvalue weighted by Crippen LogP contribution is -2.12. The summed E-state index contributed by atoms with van der Waals surface area (Å²) in [6, 6.07) is 7.34. The highest BCUT2D eigenvalue weighted by atomic mass is 35.5. The Labute approximate surface area is 110 Å². The molecule has 0 radical (unpaired) electrons. The number of aryl methyl sites for hydroxylation is 1. The molecule has 2 rings (SSSR count). The molecule has 0 spiro atoms. The van der Waals surface area contributed by atoms with E-state index >= 15 is 0 Å². The first-order chi connectivity index (χ1) is 8.63. The largest absolute Gasteiger partial charge is 0.374 e. The Hall–Kier alpha value is -2.06. The third kappa shape index (κ3) is 2.29. The van der Waals surface area contributed by atoms with E-state index in [1.165, 1.54) is 0 Å². The highest BCUT2D eigenvalue weighted by molar-refractivity contribution is 6.32. The lowest BCUT2D eigenvalue weighted by Gasteiger charge is -2.15. The molecule has 0 aliphatic rings. The van der Waals surface area contributed by atoms with Gasteiger partial charge in [-0.1, -0.05) is 17.7 Å². The average molecular weight is 262 g/mol. The summed E-state index contributed by atoms with van der Waals surface area (Å²) in [5.41, 5.74) is 1.13. The van der Waals surface area contributed by atoms with Crippen molar-refractivity contribution in [2.45, 2.75) is 13.0 Å². The predicted octanol–water partition coefficient (Wildman–Crippen LogP) is 2.51. The minimum atomic E-state index is -0.0666. The maximum atomic E-state index is 9.09. The van der Waals surface area contributed by atoms with Crippen molar-refractivity contribution in [2.75, 3.05) is 5.32 Å². The van der Waals surface area contributed by atoms with Crippen LogP contribution < -0.4 is 5.32 Å². The second kappa shape index (κ2) is 5.07. The molecule has 0 saturated carbocycles. The molecule has 1 unspecified atom stereocenters. The molecule has 1 aromatic carbocycles. The Morgan fingerprint density at radius 3 is 2.89 bits per heavy atom. The maximum Gasteiger partial charge on any atom is 0.154 e. The van der Waals surface area contributed by atoms with E-state index in [4.69, 9.17) is 16.9 Å². The second-order valence-electron chi connectivity index (χ2n) is 3.94. The van der Waals surface area contributed by atoms with Crippen LogP contribution in [0.5, 0.6) is 0 Å². The topological polar surface area (TPSA) is 66.5 Å². The fourth-order valence-corrected chi connectivity index (χ4v) is 1.96. The zero-order chi connectivity index (χ0) is 13.1. The van der Waals surface area contributed by atoms with Gasteiger partial charge in [0.2, 0.25) is 0 Å². The summed E-state index contributed by atoms with van der Waals surface area (Å²) < 4.78 is 1.83. The first kappa shape index (κ1) is 12.4. The van der Waals surface area contributed by atoms with Crippen LogP contribution in [0.25, 0.3) is 0 Å². The number of rotatable bonds is 3. The van der Waals surface area contributed by atoms with Crippen LogP contribution in [0, 0.1) is 11.3 Å². The van der Waals surface area contributed by atoms with E-state index in [0.717, 1.165) is 5.82 Å². The number of nitrogens with one attached hydrogen (secondary N) is 1. The zero-order valence-corrected chi connectivity index (χ0v) is 10.8. The Morgan fingerprint density at radius 1 is 1.50 bits per heavy atom. The summed E-state index contributed by atoms with van der Waals surface area (Å²) in [5, 5.41) is 20.6. The zero-order valence-electron chi connectivity index (χ0n) is 10.1. The van der Waals surface area contributed by atoms with E-state index in [1.54, 1.807) is 18.5 Å². The smallest absolute Gasteiger partial charge is 0.154 e. The Bertz CT molecular complexity index is 599. The number of anilines is 1. The standard InChI is InChI=1S/C12H12ClN5/c1-8(12-17-15-7-18(12)2)16-11-5-3-4-10(13)9(11)6-14/h3-5,7-8,16H,1-2H3. The molecule has 6 heteroatoms. The molecular weight excluding hydrogens is 250 g/mol. The molecule has 0 aliphatic heterocycles. The molecule has 0 saturated heterocycles. The van der Waals surface area contributed by atoms with Crippen LogP contribution in [-0.2, 0) is 7.05 Å². The fraction of sp³-hybridized carbons (Fsp3) is 0.250. The van der Waals surface area contributed by atoms with Crippen LogP contribution in [0.4, 0.5) is 5.69 Å². The lowest BCUT2D eigenvalue weighted by molar-refractivity contribution is 0.719. The summed E-state index contributed by atoms with van der Waals surface area (Å²) in [5.74, 6) is 0.791. The van der Waals surface area contributed by atoms with Gasteiger partial charge >= 0.3 is 0 Å². The van der Waals surface area contributed by atoms with Crippen LogP contribution in [0.15, 0.2) is 24.5 Å². The molecule has 1 N–H and O–H groups in total. The van der Waals surface area contributed by atoms with Gasteiger partial charge in [0.15, 0.2) is 5.82 Å². The van der Waals surface area contributed by atoms with Crippen LogP contribution in [0.1, 0.15) is 24.4 Å². The normalized spacial score (nSPS) is 11.9. The Balaban J connectivity index is 2.28. The van der Waals surface area contributed by atoms with Gasteiger partial charge in [-0.15, -0.1) is 10.2 Å². The van der Waals surface area contributed by atoms with Gasteiger partial charge in [0.25, 0.3) is 0 Å². The summed E-state index contributed by atoms with van der Waals surface area (Å²) in [7, 11) is 1.87. The number of hydrogen-bond donors (Lipinski definition) is 1. The molecule has 5 nitrogen and oxygen atoms in total. The number of hydrogen-bond acceptors (Lipinski definition) is 4. The van der Waals surface area contributed by atoms with Gasteiger partial charge in [-0.05, 0) is 19.1 Å². The maximum absolute atomic E-state index is 9.09. The third-order valence-corrected chi connectivity index (χ3v) is 2.95. The molecule has 18 heavy (non-hydrogen) atoms. The minimum Gasteiger partial charge on any atom is -0.374 e. The Morgan fingerprint density at radius 2 is 2.28 bits per heavy atom. The van der Waals surface area contributed by atoms with E-state index in [1.807, 2.05) is 24.6 Å². The van der Waals surface area contributed by atoms with E-state index in [9.17, 15) is 0 Å². The predicted molar refractivity (Wildman–Crippen MR) is 69.2 cm³/mol. The fourth-order valence-electron chi connectivity index (χ4n) is 1.74. The van der Waals surface area contributed by atoms with Gasteiger partial charge in [-0.25, -0.2) is 0 Å². The van der Waals surface area contributed by atoms with Crippen LogP contribution in [0.2, 0.25) is 5.02 Å². The van der Waals surface area contributed by atoms with Gasteiger partial charge in [-0.2, -0.15) is 5.26 Å². The SMILES string of the molecule is CC(Nc1cccc(Cl)c1C#N)c1nncn1C. The van der Waals surface area contributed by atoms with Gasteiger partial charge in [0.1, 0.15) is 12.4 Å². The molecule has 1 aromatic heterocycles. The first-order valence-electron chi connectivity index (χ1n) is 5.42. The molecule has 0 aliphatic carbocycles. The number of benzene rings is 1. The molecule has 0 bridgehead atoms. The number of nitrogens with zero attached hydrogens (tertiary/aromatic N) is 4. The minimum absolute atomic E-state index is 0.0666. The number of aromatic nitrogens is 3. The van der Waals surface area contributed by atoms with Crippen molar-refractivity contribution in [3.05, 3.63) is 40.9 Å². The van der Waals surface area contributed by atoms with Crippen molar-refractivity contribution in [1.82, 2.24) is 14.8 Å². The third-order valence-electron chi connectivity index (χ3n) is 2.63. The van der Waals surface area contributed by atoms with Crippen molar-refractivity contribution in [3.63, 3.8) is 0 Å². The monoisotopic (exact) mass is 261 g/mol. The van der Waals surface area contributed by atoms with Crippen LogP contribution in [-0.4, -0.2) is 14.8 Å². The van der Waals surface area contributed by atoms with Crippen molar-refractivity contribution < 1.29 is 0 Å². The summed E-state index contributed by atoms with van der Waals surface area (Å²) in [6.45, 7) is 1.95. The van der Waals surface area contributed by atoms with E-state index < -0.39 is 0 Å². The molecule has 0 amide bonds. The Kier molecular flexibility index (Phi) is 3.49. The average Bonchev–Trinajstić information content (AvgIpc) is 2.76. The molecular formula is C12H12ClN5. The lowest BCUT2D eigenvalue weighted by atomic mass is 10.1. The molecule has 92 valence electrons. The molecule has 2 aromatic rings. The van der Waals surface area contributed by atoms with E-state index in [-0.39, 0.29) is 6.04 Å². The van der Waals surface area contributed by atoms with E-state index in [0.29, 0.717) is 16.3 Å². The molecule has 1 heterocycles. The second-order valence-corrected chi connectivity index (χ2v) is 4.35. The van der Waals surface area contributed by atoms with Crippen molar-refractivity contribution in [3.8, 4) is 6.07 Å². The number of halogens is 1. The van der Waals surface area contributed by atoms with Gasteiger partial charge < -0.3 is 9.88 Å².